The van der Waals surface area contributed by atoms with Gasteiger partial charge in [-0.3, -0.25) is 0 Å². The van der Waals surface area contributed by atoms with Gasteiger partial charge in [-0.2, -0.15) is 0 Å². The van der Waals surface area contributed by atoms with Gasteiger partial charge in [0.2, 0.25) is 0 Å². The Labute approximate surface area is 102 Å². The first-order valence-corrected chi connectivity index (χ1v) is 5.83. The van der Waals surface area contributed by atoms with E-state index in [1.165, 1.54) is 6.07 Å². The van der Waals surface area contributed by atoms with Crippen molar-refractivity contribution in [3.8, 4) is 0 Å². The zero-order valence-corrected chi connectivity index (χ0v) is 10.6. The number of benzene rings is 1. The number of carboxylic acids is 1. The average molecular weight is 236 g/mol. The summed E-state index contributed by atoms with van der Waals surface area (Å²) in [6.07, 6.45) is 0. The van der Waals surface area contributed by atoms with Gasteiger partial charge in [-0.1, -0.05) is 13.8 Å². The van der Waals surface area contributed by atoms with Gasteiger partial charge in [0.25, 0.3) is 0 Å². The van der Waals surface area contributed by atoms with E-state index in [0.717, 1.165) is 18.8 Å². The van der Waals surface area contributed by atoms with E-state index in [1.54, 1.807) is 12.1 Å². The molecule has 0 radical (unpaired) electrons. The molecule has 94 valence electrons. The first-order chi connectivity index (χ1) is 7.95. The molecular weight excluding hydrogens is 216 g/mol. The molecule has 0 saturated carbocycles. The van der Waals surface area contributed by atoms with Gasteiger partial charge < -0.3 is 15.7 Å². The highest BCUT2D eigenvalue weighted by molar-refractivity contribution is 5.90. The highest BCUT2D eigenvalue weighted by atomic mass is 16.4. The molecule has 0 bridgehead atoms. The molecule has 0 aliphatic carbocycles. The SMILES string of the molecule is CCN(CC(C)C)c1ccc(C(=O)O)cc1N. The van der Waals surface area contributed by atoms with Gasteiger partial charge in [0.05, 0.1) is 16.9 Å². The van der Waals surface area contributed by atoms with Crippen LogP contribution in [0.15, 0.2) is 18.2 Å². The molecule has 0 unspecified atom stereocenters. The third-order valence-electron chi connectivity index (χ3n) is 2.58. The molecule has 3 N–H and O–H groups in total. The van der Waals surface area contributed by atoms with Crippen LogP contribution in [0.25, 0.3) is 0 Å². The number of hydrogen-bond donors (Lipinski definition) is 2. The third kappa shape index (κ3) is 3.37. The van der Waals surface area contributed by atoms with Gasteiger partial charge in [0.1, 0.15) is 0 Å². The van der Waals surface area contributed by atoms with E-state index >= 15 is 0 Å². The van der Waals surface area contributed by atoms with Crippen molar-refractivity contribution in [3.63, 3.8) is 0 Å². The number of nitrogen functional groups attached to an aromatic ring is 1. The maximum absolute atomic E-state index is 10.8. The fraction of sp³-hybridized carbons (Fsp3) is 0.462. The minimum Gasteiger partial charge on any atom is -0.478 e. The summed E-state index contributed by atoms with van der Waals surface area (Å²) in [6.45, 7) is 8.11. The number of carbonyl (C=O) groups is 1. The van der Waals surface area contributed by atoms with Crippen molar-refractivity contribution in [3.05, 3.63) is 23.8 Å². The Balaban J connectivity index is 3.00. The van der Waals surface area contributed by atoms with Crippen molar-refractivity contribution in [2.45, 2.75) is 20.8 Å². The Morgan fingerprint density at radius 2 is 2.12 bits per heavy atom. The standard InChI is InChI=1S/C13H20N2O2/c1-4-15(8-9(2)3)12-6-5-10(13(16)17)7-11(12)14/h5-7,9H,4,8,14H2,1-3H3,(H,16,17). The Morgan fingerprint density at radius 1 is 1.47 bits per heavy atom. The zero-order chi connectivity index (χ0) is 13.0. The summed E-state index contributed by atoms with van der Waals surface area (Å²) in [5.74, 6) is -0.413. The molecular formula is C13H20N2O2. The lowest BCUT2D eigenvalue weighted by molar-refractivity contribution is 0.0697. The number of hydrogen-bond acceptors (Lipinski definition) is 3. The maximum atomic E-state index is 10.8. The molecule has 4 nitrogen and oxygen atoms in total. The number of nitrogens with zero attached hydrogens (tertiary/aromatic N) is 1. The Hall–Kier alpha value is -1.71. The first kappa shape index (κ1) is 13.4. The van der Waals surface area contributed by atoms with Gasteiger partial charge in [0.15, 0.2) is 0 Å². The van der Waals surface area contributed by atoms with E-state index in [4.69, 9.17) is 10.8 Å². The number of aromatic carboxylic acids is 1. The minimum absolute atomic E-state index is 0.229. The second-order valence-corrected chi connectivity index (χ2v) is 4.51. The van der Waals surface area contributed by atoms with Crippen LogP contribution < -0.4 is 10.6 Å². The molecule has 0 spiro atoms. The Morgan fingerprint density at radius 3 is 2.53 bits per heavy atom. The quantitative estimate of drug-likeness (QED) is 0.771. The summed E-state index contributed by atoms with van der Waals surface area (Å²) in [5, 5.41) is 8.87. The molecule has 1 aromatic carbocycles. The van der Waals surface area contributed by atoms with Crippen molar-refractivity contribution >= 4 is 17.3 Å². The molecule has 0 heterocycles. The van der Waals surface area contributed by atoms with Crippen molar-refractivity contribution in [2.75, 3.05) is 23.7 Å². The maximum Gasteiger partial charge on any atom is 0.335 e. The fourth-order valence-corrected chi connectivity index (χ4v) is 1.81. The van der Waals surface area contributed by atoms with Crippen LogP contribution in [0.4, 0.5) is 11.4 Å². The molecule has 1 rings (SSSR count). The number of rotatable bonds is 5. The monoisotopic (exact) mass is 236 g/mol. The van der Waals surface area contributed by atoms with Crippen LogP contribution in [0.2, 0.25) is 0 Å². The van der Waals surface area contributed by atoms with E-state index in [0.29, 0.717) is 11.6 Å². The Bertz CT molecular complexity index is 402. The van der Waals surface area contributed by atoms with E-state index < -0.39 is 5.97 Å². The summed E-state index contributed by atoms with van der Waals surface area (Å²) < 4.78 is 0. The van der Waals surface area contributed by atoms with E-state index in [9.17, 15) is 4.79 Å². The summed E-state index contributed by atoms with van der Waals surface area (Å²) in [6, 6.07) is 4.89. The Kier molecular flexibility index (Phi) is 4.37. The van der Waals surface area contributed by atoms with Crippen molar-refractivity contribution in [1.82, 2.24) is 0 Å². The predicted octanol–water partition coefficient (Wildman–Crippen LogP) is 2.45. The normalized spacial score (nSPS) is 10.6. The van der Waals surface area contributed by atoms with Gasteiger partial charge in [0, 0.05) is 13.1 Å². The van der Waals surface area contributed by atoms with Gasteiger partial charge in [-0.25, -0.2) is 4.79 Å². The van der Waals surface area contributed by atoms with Crippen LogP contribution in [0, 0.1) is 5.92 Å². The van der Waals surface area contributed by atoms with Gasteiger partial charge in [-0.05, 0) is 31.0 Å². The molecule has 4 heteroatoms. The van der Waals surface area contributed by atoms with E-state index in [1.807, 2.05) is 0 Å². The fourth-order valence-electron chi connectivity index (χ4n) is 1.81. The second-order valence-electron chi connectivity index (χ2n) is 4.51. The molecule has 0 aromatic heterocycles. The lowest BCUT2D eigenvalue weighted by Gasteiger charge is -2.26. The average Bonchev–Trinajstić information content (AvgIpc) is 2.25. The minimum atomic E-state index is -0.949. The van der Waals surface area contributed by atoms with Crippen LogP contribution in [0.3, 0.4) is 0 Å². The first-order valence-electron chi connectivity index (χ1n) is 5.83. The van der Waals surface area contributed by atoms with Crippen LogP contribution in [0.1, 0.15) is 31.1 Å². The van der Waals surface area contributed by atoms with Crippen LogP contribution in [0.5, 0.6) is 0 Å². The lowest BCUT2D eigenvalue weighted by atomic mass is 10.1. The van der Waals surface area contributed by atoms with Gasteiger partial charge >= 0.3 is 5.97 Å². The zero-order valence-electron chi connectivity index (χ0n) is 10.6. The molecule has 0 fully saturated rings. The number of nitrogens with two attached hydrogens (primary N) is 1. The lowest BCUT2D eigenvalue weighted by Crippen LogP contribution is -2.28. The van der Waals surface area contributed by atoms with Crippen LogP contribution in [-0.2, 0) is 0 Å². The van der Waals surface area contributed by atoms with Crippen LogP contribution in [-0.4, -0.2) is 24.2 Å². The molecule has 0 aliphatic heterocycles. The molecule has 0 aliphatic rings. The molecule has 17 heavy (non-hydrogen) atoms. The smallest absolute Gasteiger partial charge is 0.335 e. The predicted molar refractivity (Wildman–Crippen MR) is 70.5 cm³/mol. The summed E-state index contributed by atoms with van der Waals surface area (Å²) in [5.41, 5.74) is 7.56. The molecule has 0 atom stereocenters. The summed E-state index contributed by atoms with van der Waals surface area (Å²) >= 11 is 0. The van der Waals surface area contributed by atoms with Crippen molar-refractivity contribution < 1.29 is 9.90 Å². The van der Waals surface area contributed by atoms with E-state index in [-0.39, 0.29) is 5.56 Å². The highest BCUT2D eigenvalue weighted by Gasteiger charge is 2.12. The number of anilines is 2. The van der Waals surface area contributed by atoms with Gasteiger partial charge in [-0.15, -0.1) is 0 Å². The molecule has 0 saturated heterocycles. The largest absolute Gasteiger partial charge is 0.478 e. The summed E-state index contributed by atoms with van der Waals surface area (Å²) in [7, 11) is 0. The number of carboxylic acid groups (broad SMARTS) is 1. The second kappa shape index (κ2) is 5.57. The summed E-state index contributed by atoms with van der Waals surface area (Å²) in [4.78, 5) is 13.0. The van der Waals surface area contributed by atoms with Crippen molar-refractivity contribution in [1.29, 1.82) is 0 Å². The molecule has 0 amide bonds. The topological polar surface area (TPSA) is 66.6 Å². The van der Waals surface area contributed by atoms with Crippen molar-refractivity contribution in [2.24, 2.45) is 5.92 Å². The third-order valence-corrected chi connectivity index (χ3v) is 2.58. The van der Waals surface area contributed by atoms with Crippen LogP contribution >= 0.6 is 0 Å². The molecule has 1 aromatic rings. The van der Waals surface area contributed by atoms with E-state index in [2.05, 4.69) is 25.7 Å². The highest BCUT2D eigenvalue weighted by Crippen LogP contribution is 2.25.